The first-order chi connectivity index (χ1) is 14.9. The number of nitrogens with one attached hydrogen (secondary N) is 1. The molecule has 2 heterocycles. The zero-order chi connectivity index (χ0) is 22.0. The van der Waals surface area contributed by atoms with Gasteiger partial charge >= 0.3 is 0 Å². The highest BCUT2D eigenvalue weighted by Crippen LogP contribution is 2.33. The minimum Gasteiger partial charge on any atom is -0.457 e. The lowest BCUT2D eigenvalue weighted by Crippen LogP contribution is -2.36. The second-order valence-electron chi connectivity index (χ2n) is 6.53. The second-order valence-corrected chi connectivity index (χ2v) is 8.77. The summed E-state index contributed by atoms with van der Waals surface area (Å²) in [4.78, 5) is 38.2. The lowest BCUT2D eigenvalue weighted by molar-refractivity contribution is -0.127. The number of imide groups is 1. The second kappa shape index (κ2) is 9.06. The zero-order valence-corrected chi connectivity index (χ0v) is 18.8. The Morgan fingerprint density at radius 2 is 1.77 bits per heavy atom. The van der Waals surface area contributed by atoms with Crippen LogP contribution < -0.4 is 5.32 Å². The standard InChI is InChI=1S/C22H14FIN2O4S/c23-14-3-1-13(2-4-14)18-10-9-17(30-18)11-19-21(28)26(22(29)31-19)12-20(27)25-16-7-5-15(24)6-8-16/h1-11H,12H2,(H,25,27)/b19-11-. The third kappa shape index (κ3) is 5.05. The fourth-order valence-electron chi connectivity index (χ4n) is 2.84. The number of benzene rings is 2. The van der Waals surface area contributed by atoms with Crippen molar-refractivity contribution in [3.8, 4) is 11.3 Å². The number of furan rings is 1. The van der Waals surface area contributed by atoms with E-state index in [9.17, 15) is 18.8 Å². The zero-order valence-electron chi connectivity index (χ0n) is 15.8. The summed E-state index contributed by atoms with van der Waals surface area (Å²) in [6.07, 6.45) is 1.45. The number of rotatable bonds is 5. The Hall–Kier alpha value is -2.92. The molecule has 6 nitrogen and oxygen atoms in total. The smallest absolute Gasteiger partial charge is 0.294 e. The highest BCUT2D eigenvalue weighted by molar-refractivity contribution is 14.1. The van der Waals surface area contributed by atoms with Crippen LogP contribution in [0, 0.1) is 9.39 Å². The molecule has 1 fully saturated rings. The summed E-state index contributed by atoms with van der Waals surface area (Å²) in [6.45, 7) is -0.382. The molecule has 1 aliphatic rings. The van der Waals surface area contributed by atoms with Crippen LogP contribution in [0.1, 0.15) is 5.76 Å². The van der Waals surface area contributed by atoms with Gasteiger partial charge in [-0.05, 0) is 95.0 Å². The molecule has 0 radical (unpaired) electrons. The number of halogens is 2. The highest BCUT2D eigenvalue weighted by atomic mass is 127. The molecule has 31 heavy (non-hydrogen) atoms. The predicted molar refractivity (Wildman–Crippen MR) is 125 cm³/mol. The number of thioether (sulfide) groups is 1. The quantitative estimate of drug-likeness (QED) is 0.343. The van der Waals surface area contributed by atoms with Crippen molar-refractivity contribution in [1.29, 1.82) is 0 Å². The van der Waals surface area contributed by atoms with E-state index in [1.54, 1.807) is 36.4 Å². The van der Waals surface area contributed by atoms with Gasteiger partial charge in [-0.3, -0.25) is 19.3 Å². The molecule has 0 saturated carbocycles. The molecule has 4 rings (SSSR count). The molecular formula is C22H14FIN2O4S. The highest BCUT2D eigenvalue weighted by Gasteiger charge is 2.36. The van der Waals surface area contributed by atoms with Gasteiger partial charge in [0.1, 0.15) is 23.9 Å². The van der Waals surface area contributed by atoms with Crippen LogP contribution in [-0.4, -0.2) is 28.5 Å². The molecule has 1 aliphatic heterocycles. The third-order valence-electron chi connectivity index (χ3n) is 4.33. The lowest BCUT2D eigenvalue weighted by atomic mass is 10.2. The van der Waals surface area contributed by atoms with E-state index < -0.39 is 17.1 Å². The number of nitrogens with zero attached hydrogens (tertiary/aromatic N) is 1. The number of hydrogen-bond acceptors (Lipinski definition) is 5. The molecule has 156 valence electrons. The van der Waals surface area contributed by atoms with Gasteiger partial charge in [0.05, 0.1) is 4.91 Å². The Morgan fingerprint density at radius 3 is 2.48 bits per heavy atom. The van der Waals surface area contributed by atoms with Crippen LogP contribution in [0.3, 0.4) is 0 Å². The average molecular weight is 548 g/mol. The Bertz CT molecular complexity index is 1190. The maximum Gasteiger partial charge on any atom is 0.294 e. The molecule has 9 heteroatoms. The summed E-state index contributed by atoms with van der Waals surface area (Å²) >= 11 is 2.89. The van der Waals surface area contributed by atoms with Gasteiger partial charge in [-0.1, -0.05) is 0 Å². The van der Waals surface area contributed by atoms with Gasteiger partial charge < -0.3 is 9.73 Å². The molecule has 1 saturated heterocycles. The van der Waals surface area contributed by atoms with Crippen molar-refractivity contribution in [3.63, 3.8) is 0 Å². The van der Waals surface area contributed by atoms with Gasteiger partial charge in [-0.15, -0.1) is 0 Å². The van der Waals surface area contributed by atoms with Crippen LogP contribution >= 0.6 is 34.4 Å². The molecule has 2 aromatic carbocycles. The maximum atomic E-state index is 13.1. The normalized spacial score (nSPS) is 15.0. The average Bonchev–Trinajstić information content (AvgIpc) is 3.31. The van der Waals surface area contributed by atoms with E-state index in [-0.39, 0.29) is 17.3 Å². The SMILES string of the molecule is O=C(CN1C(=O)S/C(=C\c2ccc(-c3ccc(F)cc3)o2)C1=O)Nc1ccc(I)cc1. The van der Waals surface area contributed by atoms with Crippen molar-refractivity contribution in [2.75, 3.05) is 11.9 Å². The predicted octanol–water partition coefficient (Wildman–Crippen LogP) is 5.37. The van der Waals surface area contributed by atoms with Gasteiger partial charge in [0.25, 0.3) is 11.1 Å². The minimum absolute atomic E-state index is 0.159. The molecule has 0 unspecified atom stereocenters. The topological polar surface area (TPSA) is 79.6 Å². The first-order valence-corrected chi connectivity index (χ1v) is 10.9. The molecular weight excluding hydrogens is 534 g/mol. The fraction of sp³-hybridized carbons (Fsp3) is 0.0455. The third-order valence-corrected chi connectivity index (χ3v) is 5.96. The molecule has 0 bridgehead atoms. The molecule has 3 amide bonds. The van der Waals surface area contributed by atoms with E-state index in [4.69, 9.17) is 4.42 Å². The van der Waals surface area contributed by atoms with Gasteiger partial charge in [-0.2, -0.15) is 0 Å². The molecule has 0 atom stereocenters. The summed E-state index contributed by atoms with van der Waals surface area (Å²) in [7, 11) is 0. The van der Waals surface area contributed by atoms with E-state index in [1.165, 1.54) is 18.2 Å². The molecule has 1 aromatic heterocycles. The van der Waals surface area contributed by atoms with E-state index in [1.807, 2.05) is 12.1 Å². The number of amides is 3. The van der Waals surface area contributed by atoms with Crippen LogP contribution in [0.15, 0.2) is 70.0 Å². The summed E-state index contributed by atoms with van der Waals surface area (Å²) in [5.41, 5.74) is 1.26. The van der Waals surface area contributed by atoms with Crippen LogP contribution in [0.4, 0.5) is 14.9 Å². The summed E-state index contributed by atoms with van der Waals surface area (Å²) in [5.74, 6) is -0.514. The van der Waals surface area contributed by atoms with Gasteiger partial charge in [0.2, 0.25) is 5.91 Å². The van der Waals surface area contributed by atoms with Crippen molar-refractivity contribution < 1.29 is 23.2 Å². The van der Waals surface area contributed by atoms with Crippen LogP contribution in [0.5, 0.6) is 0 Å². The Kier molecular flexibility index (Phi) is 6.23. The Balaban J connectivity index is 1.44. The van der Waals surface area contributed by atoms with E-state index in [0.29, 0.717) is 22.8 Å². The molecule has 0 spiro atoms. The summed E-state index contributed by atoms with van der Waals surface area (Å²) < 4.78 is 19.8. The first-order valence-electron chi connectivity index (χ1n) is 9.05. The summed E-state index contributed by atoms with van der Waals surface area (Å²) in [5, 5.41) is 2.14. The molecule has 3 aromatic rings. The van der Waals surface area contributed by atoms with Crippen LogP contribution in [-0.2, 0) is 9.59 Å². The number of carbonyl (C=O) groups is 3. The Morgan fingerprint density at radius 1 is 1.06 bits per heavy atom. The fourth-order valence-corrected chi connectivity index (χ4v) is 4.02. The largest absolute Gasteiger partial charge is 0.457 e. The van der Waals surface area contributed by atoms with Crippen LogP contribution in [0.25, 0.3) is 17.4 Å². The van der Waals surface area contributed by atoms with Gasteiger partial charge in [0, 0.05) is 20.9 Å². The van der Waals surface area contributed by atoms with Gasteiger partial charge in [0.15, 0.2) is 0 Å². The Labute approximate surface area is 194 Å². The van der Waals surface area contributed by atoms with Crippen molar-refractivity contribution in [1.82, 2.24) is 4.90 Å². The molecule has 0 aliphatic carbocycles. The van der Waals surface area contributed by atoms with E-state index in [0.717, 1.165) is 20.2 Å². The number of anilines is 1. The lowest BCUT2D eigenvalue weighted by Gasteiger charge is -2.12. The summed E-state index contributed by atoms with van der Waals surface area (Å²) in [6, 6.07) is 16.3. The van der Waals surface area contributed by atoms with Crippen molar-refractivity contribution in [2.45, 2.75) is 0 Å². The van der Waals surface area contributed by atoms with E-state index in [2.05, 4.69) is 27.9 Å². The number of carbonyl (C=O) groups excluding carboxylic acids is 3. The van der Waals surface area contributed by atoms with E-state index >= 15 is 0 Å². The molecule has 1 N–H and O–H groups in total. The van der Waals surface area contributed by atoms with Crippen molar-refractivity contribution >= 4 is 63.2 Å². The van der Waals surface area contributed by atoms with Crippen LogP contribution in [0.2, 0.25) is 0 Å². The maximum absolute atomic E-state index is 13.1. The first kappa shape index (κ1) is 21.3. The monoisotopic (exact) mass is 548 g/mol. The van der Waals surface area contributed by atoms with Gasteiger partial charge in [-0.25, -0.2) is 4.39 Å². The van der Waals surface area contributed by atoms with Crippen molar-refractivity contribution in [3.05, 3.63) is 80.7 Å². The minimum atomic E-state index is -0.563. The number of hydrogen-bond donors (Lipinski definition) is 1. The van der Waals surface area contributed by atoms with Crippen molar-refractivity contribution in [2.24, 2.45) is 0 Å².